The molecule has 0 aromatic heterocycles. The monoisotopic (exact) mass is 748 g/mol. The molecule has 3 aromatic rings. The minimum Gasteiger partial charge on any atom is -0.490 e. The Kier molecular flexibility index (Phi) is 13.6. The topological polar surface area (TPSA) is 138 Å². The van der Waals surface area contributed by atoms with Crippen LogP contribution in [0.15, 0.2) is 71.6 Å². The summed E-state index contributed by atoms with van der Waals surface area (Å²) in [5.74, 6) is -0.618. The Bertz CT molecular complexity index is 1770. The highest BCUT2D eigenvalue weighted by molar-refractivity contribution is 7.92. The minimum absolute atomic E-state index is 0.0581. The predicted octanol–water partition coefficient (Wildman–Crippen LogP) is 6.77. The largest absolute Gasteiger partial charge is 0.490 e. The van der Waals surface area contributed by atoms with E-state index in [0.717, 1.165) is 24.1 Å². The Hall–Kier alpha value is -4.34. The van der Waals surface area contributed by atoms with Crippen molar-refractivity contribution in [3.05, 3.63) is 83.4 Å². The number of aliphatic hydroxyl groups excluding tert-OH is 1. The summed E-state index contributed by atoms with van der Waals surface area (Å²) in [4.78, 5) is 30.4. The molecule has 1 aliphatic heterocycles. The van der Waals surface area contributed by atoms with Gasteiger partial charge < -0.3 is 29.7 Å². The number of halogens is 3. The molecule has 284 valence electrons. The first-order chi connectivity index (χ1) is 24.5. The second kappa shape index (κ2) is 17.5. The van der Waals surface area contributed by atoms with Crippen LogP contribution in [0, 0.1) is 12.8 Å². The van der Waals surface area contributed by atoms with Gasteiger partial charge >= 0.3 is 12.2 Å². The summed E-state index contributed by atoms with van der Waals surface area (Å²) in [5, 5.41) is 12.8. The van der Waals surface area contributed by atoms with Gasteiger partial charge in [0, 0.05) is 44.0 Å². The Morgan fingerprint density at radius 2 is 1.69 bits per heavy atom. The lowest BCUT2D eigenvalue weighted by atomic mass is 10.0. The van der Waals surface area contributed by atoms with Crippen molar-refractivity contribution >= 4 is 33.3 Å². The molecule has 4 atom stereocenters. The normalized spacial score (nSPS) is 19.8. The molecule has 3 amide bonds. The maximum atomic E-state index is 14.4. The molecule has 0 fully saturated rings. The van der Waals surface area contributed by atoms with Gasteiger partial charge in [-0.2, -0.15) is 13.2 Å². The highest BCUT2D eigenvalue weighted by atomic mass is 32.2. The number of nitrogens with zero attached hydrogens (tertiary/aromatic N) is 2. The number of rotatable bonds is 8. The molecule has 11 nitrogen and oxygen atoms in total. The van der Waals surface area contributed by atoms with Gasteiger partial charge in [0.2, 0.25) is 0 Å². The molecule has 3 N–H and O–H groups in total. The number of aryl methyl sites for hydroxylation is 1. The van der Waals surface area contributed by atoms with Crippen molar-refractivity contribution in [2.75, 3.05) is 43.4 Å². The summed E-state index contributed by atoms with van der Waals surface area (Å²) in [5.41, 5.74) is 0.506. The van der Waals surface area contributed by atoms with Gasteiger partial charge in [0.15, 0.2) is 0 Å². The number of amides is 3. The number of hydrogen-bond donors (Lipinski definition) is 3. The number of nitrogens with one attached hydrogen (secondary N) is 2. The van der Waals surface area contributed by atoms with E-state index in [1.807, 2.05) is 20.8 Å². The number of sulfonamides is 1. The summed E-state index contributed by atoms with van der Waals surface area (Å²) in [6, 6.07) is 13.8. The summed E-state index contributed by atoms with van der Waals surface area (Å²) < 4.78 is 80.5. The molecular weight excluding hydrogens is 701 g/mol. The lowest BCUT2D eigenvalue weighted by molar-refractivity contribution is -0.137. The van der Waals surface area contributed by atoms with E-state index in [4.69, 9.17) is 9.47 Å². The van der Waals surface area contributed by atoms with Crippen LogP contribution in [-0.4, -0.2) is 86.9 Å². The highest BCUT2D eigenvalue weighted by Crippen LogP contribution is 2.31. The molecule has 0 bridgehead atoms. The number of anilines is 2. The number of alkyl halides is 3. The molecule has 0 saturated carbocycles. The Labute approximate surface area is 303 Å². The van der Waals surface area contributed by atoms with Crippen molar-refractivity contribution in [3.63, 3.8) is 0 Å². The molecule has 4 rings (SSSR count). The van der Waals surface area contributed by atoms with E-state index in [1.54, 1.807) is 25.1 Å². The van der Waals surface area contributed by atoms with Crippen LogP contribution < -0.4 is 14.8 Å². The van der Waals surface area contributed by atoms with Crippen molar-refractivity contribution in [2.24, 2.45) is 5.92 Å². The molecule has 1 aliphatic rings. The maximum Gasteiger partial charge on any atom is 0.416 e. The number of urea groups is 1. The molecule has 52 heavy (non-hydrogen) atoms. The smallest absolute Gasteiger partial charge is 0.416 e. The lowest BCUT2D eigenvalue weighted by Gasteiger charge is -2.35. The van der Waals surface area contributed by atoms with E-state index in [2.05, 4.69) is 10.0 Å². The zero-order valence-corrected chi connectivity index (χ0v) is 30.8. The first-order valence-corrected chi connectivity index (χ1v) is 18.6. The van der Waals surface area contributed by atoms with Crippen LogP contribution in [0.1, 0.15) is 61.5 Å². The van der Waals surface area contributed by atoms with Gasteiger partial charge in [0.05, 0.1) is 40.9 Å². The number of carbonyl (C=O) groups is 2. The van der Waals surface area contributed by atoms with Gasteiger partial charge in [-0.1, -0.05) is 24.6 Å². The van der Waals surface area contributed by atoms with E-state index in [-0.39, 0.29) is 59.3 Å². The van der Waals surface area contributed by atoms with Crippen molar-refractivity contribution in [2.45, 2.75) is 76.3 Å². The molecule has 0 radical (unpaired) electrons. The first kappa shape index (κ1) is 40.4. The minimum atomic E-state index is -4.50. The van der Waals surface area contributed by atoms with Gasteiger partial charge in [0.25, 0.3) is 15.9 Å². The molecule has 3 aromatic carbocycles. The Morgan fingerprint density at radius 3 is 2.33 bits per heavy atom. The lowest BCUT2D eigenvalue weighted by Crippen LogP contribution is -2.48. The fourth-order valence-electron chi connectivity index (χ4n) is 5.69. The summed E-state index contributed by atoms with van der Waals surface area (Å²) >= 11 is 0. The third-order valence-corrected chi connectivity index (χ3v) is 10.3. The molecule has 0 spiro atoms. The van der Waals surface area contributed by atoms with E-state index in [0.29, 0.717) is 19.4 Å². The first-order valence-electron chi connectivity index (χ1n) is 17.1. The van der Waals surface area contributed by atoms with Gasteiger partial charge in [0.1, 0.15) is 5.75 Å². The van der Waals surface area contributed by atoms with Crippen LogP contribution in [0.3, 0.4) is 0 Å². The van der Waals surface area contributed by atoms with Crippen LogP contribution in [0.2, 0.25) is 0 Å². The molecule has 0 saturated heterocycles. The van der Waals surface area contributed by atoms with Crippen LogP contribution in [0.5, 0.6) is 5.75 Å². The number of fused-ring (bicyclic) bond motifs is 1. The number of likely N-dealkylation sites (N-methyl/N-ethyl adjacent to an activating group) is 1. The molecular formula is C37H47F3N4O7S. The van der Waals surface area contributed by atoms with Gasteiger partial charge in [-0.15, -0.1) is 0 Å². The third-order valence-electron chi connectivity index (χ3n) is 8.90. The summed E-state index contributed by atoms with van der Waals surface area (Å²) in [7, 11) is -2.45. The number of aliphatic hydroxyl groups is 1. The number of carbonyl (C=O) groups excluding carboxylic acids is 2. The number of benzene rings is 3. The summed E-state index contributed by atoms with van der Waals surface area (Å²) in [6.45, 7) is 7.43. The van der Waals surface area contributed by atoms with Gasteiger partial charge in [-0.3, -0.25) is 9.52 Å². The van der Waals surface area contributed by atoms with Crippen molar-refractivity contribution in [1.29, 1.82) is 0 Å². The standard InChI is InChI=1S/C37H47F3N4O7S/c1-24-9-16-31(17-10-24)52(48,49)42-30-15-18-33-32(20-30)35(46)44(26(3)23-45)21-25(2)34(50-19-7-6-8-27(4)51-33)22-43(5)36(47)41-29-13-11-28(12-14-29)37(38,39)40/h9-18,20,25-27,34,42,45H,6-8,19,21-23H2,1-5H3,(H,41,47)/t25-,26-,27+,34+/m0/s1. The van der Waals surface area contributed by atoms with Gasteiger partial charge in [-0.25, -0.2) is 13.2 Å². The fourth-order valence-corrected chi connectivity index (χ4v) is 6.74. The second-order valence-electron chi connectivity index (χ2n) is 13.3. The third kappa shape index (κ3) is 10.8. The van der Waals surface area contributed by atoms with Crippen molar-refractivity contribution in [3.8, 4) is 5.75 Å². The fraction of sp³-hybridized carbons (Fsp3) is 0.459. The number of ether oxygens (including phenoxy) is 2. The van der Waals surface area contributed by atoms with Crippen LogP contribution in [-0.2, 0) is 20.9 Å². The van der Waals surface area contributed by atoms with Crippen LogP contribution in [0.4, 0.5) is 29.3 Å². The average molecular weight is 749 g/mol. The molecule has 0 aliphatic carbocycles. The Balaban J connectivity index is 1.59. The van der Waals surface area contributed by atoms with Gasteiger partial charge in [-0.05, 0) is 94.6 Å². The second-order valence-corrected chi connectivity index (χ2v) is 15.0. The molecule has 0 unspecified atom stereocenters. The Morgan fingerprint density at radius 1 is 1.04 bits per heavy atom. The zero-order valence-electron chi connectivity index (χ0n) is 29.9. The van der Waals surface area contributed by atoms with E-state index < -0.39 is 45.8 Å². The van der Waals surface area contributed by atoms with Crippen LogP contribution in [0.25, 0.3) is 0 Å². The molecule has 1 heterocycles. The van der Waals surface area contributed by atoms with Crippen molar-refractivity contribution < 1.29 is 45.8 Å². The van der Waals surface area contributed by atoms with Crippen LogP contribution >= 0.6 is 0 Å². The SMILES string of the molecule is Cc1ccc(S(=O)(=O)Nc2ccc3c(c2)C(=O)N([C@@H](C)CO)C[C@H](C)[C@@H](CN(C)C(=O)Nc2ccc(C(F)(F)F)cc2)OCCCC[C@@H](C)O3)cc1. The van der Waals surface area contributed by atoms with Crippen molar-refractivity contribution in [1.82, 2.24) is 9.80 Å². The van der Waals surface area contributed by atoms with E-state index >= 15 is 0 Å². The van der Waals surface area contributed by atoms with E-state index in [1.165, 1.54) is 53.2 Å². The zero-order chi connectivity index (χ0) is 38.2. The maximum absolute atomic E-state index is 14.4. The molecule has 15 heteroatoms. The number of hydrogen-bond acceptors (Lipinski definition) is 7. The summed E-state index contributed by atoms with van der Waals surface area (Å²) in [6.07, 6.45) is -3.34. The highest BCUT2D eigenvalue weighted by Gasteiger charge is 2.32. The van der Waals surface area contributed by atoms with E-state index in [9.17, 15) is 36.3 Å². The quantitative estimate of drug-likeness (QED) is 0.231. The predicted molar refractivity (Wildman–Crippen MR) is 192 cm³/mol. The average Bonchev–Trinajstić information content (AvgIpc) is 3.09.